The number of aryl methyl sites for hydroxylation is 1. The Labute approximate surface area is 139 Å². The topological polar surface area (TPSA) is 64.1 Å². The van der Waals surface area contributed by atoms with Gasteiger partial charge in [-0.1, -0.05) is 19.1 Å². The van der Waals surface area contributed by atoms with Crippen molar-refractivity contribution in [1.82, 2.24) is 9.97 Å². The molecule has 5 nitrogen and oxygen atoms in total. The minimum atomic E-state index is 0. The number of furan rings is 2. The molecule has 0 unspecified atom stereocenters. The van der Waals surface area contributed by atoms with Crippen molar-refractivity contribution < 1.29 is 8.83 Å². The first-order chi connectivity index (χ1) is 10.8. The van der Waals surface area contributed by atoms with Gasteiger partial charge >= 0.3 is 0 Å². The molecule has 1 N–H and O–H groups in total. The molecule has 0 aliphatic carbocycles. The van der Waals surface area contributed by atoms with Crippen LogP contribution in [0, 0.1) is 0 Å². The predicted octanol–water partition coefficient (Wildman–Crippen LogP) is 4.57. The van der Waals surface area contributed by atoms with E-state index in [0.29, 0.717) is 17.9 Å². The van der Waals surface area contributed by atoms with Crippen LogP contribution < -0.4 is 5.32 Å². The van der Waals surface area contributed by atoms with Crippen LogP contribution in [0.3, 0.4) is 0 Å². The molecule has 0 fully saturated rings. The van der Waals surface area contributed by atoms with Crippen LogP contribution in [0.15, 0.2) is 51.5 Å². The normalized spacial score (nSPS) is 10.8. The van der Waals surface area contributed by atoms with Crippen LogP contribution in [-0.4, -0.2) is 9.97 Å². The summed E-state index contributed by atoms with van der Waals surface area (Å²) in [5, 5.41) is 4.30. The fourth-order valence-electron chi connectivity index (χ4n) is 2.50. The minimum absolute atomic E-state index is 0. The van der Waals surface area contributed by atoms with E-state index in [1.54, 1.807) is 6.26 Å². The lowest BCUT2D eigenvalue weighted by Crippen LogP contribution is -2.04. The van der Waals surface area contributed by atoms with Gasteiger partial charge in [0.05, 0.1) is 12.8 Å². The molecule has 0 atom stereocenters. The molecule has 4 aromatic rings. The lowest BCUT2D eigenvalue weighted by molar-refractivity contribution is 0.517. The molecular weight excluding hydrogens is 314 g/mol. The highest BCUT2D eigenvalue weighted by molar-refractivity contribution is 6.05. The van der Waals surface area contributed by atoms with Gasteiger partial charge in [0, 0.05) is 11.8 Å². The highest BCUT2D eigenvalue weighted by Crippen LogP contribution is 2.31. The van der Waals surface area contributed by atoms with Gasteiger partial charge in [-0.2, -0.15) is 0 Å². The molecule has 0 bridgehead atoms. The highest BCUT2D eigenvalue weighted by atomic mass is 35.5. The Bertz CT molecular complexity index is 932. The van der Waals surface area contributed by atoms with Crippen molar-refractivity contribution in [3.05, 3.63) is 54.2 Å². The second-order valence-electron chi connectivity index (χ2n) is 5.05. The zero-order chi connectivity index (χ0) is 14.9. The molecule has 0 radical (unpaired) electrons. The smallest absolute Gasteiger partial charge is 0.196 e. The van der Waals surface area contributed by atoms with Crippen molar-refractivity contribution in [3.8, 4) is 0 Å². The Morgan fingerprint density at radius 3 is 2.74 bits per heavy atom. The Hall–Kier alpha value is -2.53. The zero-order valence-electron chi connectivity index (χ0n) is 12.6. The van der Waals surface area contributed by atoms with Gasteiger partial charge in [0.25, 0.3) is 0 Å². The van der Waals surface area contributed by atoms with Crippen LogP contribution in [0.4, 0.5) is 5.82 Å². The van der Waals surface area contributed by atoms with Gasteiger partial charge in [-0.05, 0) is 24.3 Å². The summed E-state index contributed by atoms with van der Waals surface area (Å²) in [6, 6.07) is 11.7. The lowest BCUT2D eigenvalue weighted by atomic mass is 10.2. The molecular formula is C17H16ClN3O2. The van der Waals surface area contributed by atoms with Gasteiger partial charge in [0.2, 0.25) is 0 Å². The number of hydrogen-bond donors (Lipinski definition) is 1. The van der Waals surface area contributed by atoms with Gasteiger partial charge in [-0.25, -0.2) is 9.97 Å². The number of benzene rings is 1. The fourth-order valence-corrected chi connectivity index (χ4v) is 2.50. The summed E-state index contributed by atoms with van der Waals surface area (Å²) in [6.45, 7) is 2.60. The van der Waals surface area contributed by atoms with E-state index in [2.05, 4.69) is 15.3 Å². The number of para-hydroxylation sites is 1. The number of rotatable bonds is 4. The summed E-state index contributed by atoms with van der Waals surface area (Å²) in [7, 11) is 0. The van der Waals surface area contributed by atoms with E-state index in [1.807, 2.05) is 43.3 Å². The maximum atomic E-state index is 5.93. The number of halogens is 1. The number of hydrogen-bond acceptors (Lipinski definition) is 5. The van der Waals surface area contributed by atoms with Gasteiger partial charge < -0.3 is 14.2 Å². The van der Waals surface area contributed by atoms with E-state index >= 15 is 0 Å². The van der Waals surface area contributed by atoms with Crippen LogP contribution in [0.5, 0.6) is 0 Å². The van der Waals surface area contributed by atoms with Gasteiger partial charge in [-0.15, -0.1) is 12.4 Å². The van der Waals surface area contributed by atoms with E-state index in [9.17, 15) is 0 Å². The fraction of sp³-hybridized carbons (Fsp3) is 0.176. The van der Waals surface area contributed by atoms with Crippen LogP contribution in [-0.2, 0) is 13.0 Å². The lowest BCUT2D eigenvalue weighted by Gasteiger charge is -2.05. The molecule has 0 saturated heterocycles. The van der Waals surface area contributed by atoms with Crippen molar-refractivity contribution in [2.75, 3.05) is 5.32 Å². The van der Waals surface area contributed by atoms with Gasteiger partial charge in [-0.3, -0.25) is 0 Å². The Morgan fingerprint density at radius 1 is 1.09 bits per heavy atom. The Kier molecular flexibility index (Phi) is 4.21. The van der Waals surface area contributed by atoms with E-state index in [1.165, 1.54) is 0 Å². The van der Waals surface area contributed by atoms with Crippen LogP contribution in [0.1, 0.15) is 18.5 Å². The standard InChI is InChI=1S/C17H15N3O2.ClH/c1-2-14-19-15-12-7-3-4-8-13(12)22-16(15)17(20-14)18-10-11-6-5-9-21-11;/h3-9H,2,10H2,1H3,(H,18,19,20);1H. The first kappa shape index (κ1) is 15.4. The van der Waals surface area contributed by atoms with Gasteiger partial charge in [0.1, 0.15) is 22.7 Å². The largest absolute Gasteiger partial charge is 0.467 e. The van der Waals surface area contributed by atoms with Crippen LogP contribution in [0.2, 0.25) is 0 Å². The molecule has 0 aliphatic heterocycles. The predicted molar refractivity (Wildman–Crippen MR) is 92.0 cm³/mol. The first-order valence-electron chi connectivity index (χ1n) is 7.29. The van der Waals surface area contributed by atoms with E-state index in [0.717, 1.165) is 34.5 Å². The number of nitrogens with zero attached hydrogens (tertiary/aromatic N) is 2. The highest BCUT2D eigenvalue weighted by Gasteiger charge is 2.15. The molecule has 1 aromatic carbocycles. The summed E-state index contributed by atoms with van der Waals surface area (Å²) in [5.74, 6) is 2.34. The maximum Gasteiger partial charge on any atom is 0.196 e. The molecule has 4 rings (SSSR count). The monoisotopic (exact) mass is 329 g/mol. The second kappa shape index (κ2) is 6.30. The summed E-state index contributed by atoms with van der Waals surface area (Å²) < 4.78 is 11.3. The van der Waals surface area contributed by atoms with Crippen molar-refractivity contribution in [2.24, 2.45) is 0 Å². The first-order valence-corrected chi connectivity index (χ1v) is 7.29. The Balaban J connectivity index is 0.00000156. The summed E-state index contributed by atoms with van der Waals surface area (Å²) in [4.78, 5) is 9.18. The van der Waals surface area contributed by atoms with Crippen molar-refractivity contribution in [2.45, 2.75) is 19.9 Å². The van der Waals surface area contributed by atoms with E-state index < -0.39 is 0 Å². The quantitative estimate of drug-likeness (QED) is 0.594. The third-order valence-corrected chi connectivity index (χ3v) is 3.59. The number of aromatic nitrogens is 2. The van der Waals surface area contributed by atoms with E-state index in [4.69, 9.17) is 8.83 Å². The summed E-state index contributed by atoms with van der Waals surface area (Å²) in [6.07, 6.45) is 2.43. The number of fused-ring (bicyclic) bond motifs is 3. The van der Waals surface area contributed by atoms with Crippen molar-refractivity contribution >= 4 is 40.3 Å². The van der Waals surface area contributed by atoms with Crippen LogP contribution >= 0.6 is 12.4 Å². The zero-order valence-corrected chi connectivity index (χ0v) is 13.4. The van der Waals surface area contributed by atoms with E-state index in [-0.39, 0.29) is 12.4 Å². The molecule has 3 heterocycles. The molecule has 3 aromatic heterocycles. The average molecular weight is 330 g/mol. The number of nitrogens with one attached hydrogen (secondary N) is 1. The van der Waals surface area contributed by atoms with Gasteiger partial charge in [0.15, 0.2) is 11.4 Å². The number of anilines is 1. The molecule has 0 amide bonds. The molecule has 0 saturated carbocycles. The van der Waals surface area contributed by atoms with Crippen LogP contribution in [0.25, 0.3) is 22.1 Å². The second-order valence-corrected chi connectivity index (χ2v) is 5.05. The third kappa shape index (κ3) is 2.75. The summed E-state index contributed by atoms with van der Waals surface area (Å²) >= 11 is 0. The molecule has 0 spiro atoms. The molecule has 0 aliphatic rings. The third-order valence-electron chi connectivity index (χ3n) is 3.59. The van der Waals surface area contributed by atoms with Crippen molar-refractivity contribution in [1.29, 1.82) is 0 Å². The molecule has 23 heavy (non-hydrogen) atoms. The maximum absolute atomic E-state index is 5.93. The minimum Gasteiger partial charge on any atom is -0.467 e. The molecule has 6 heteroatoms. The average Bonchev–Trinajstić information content (AvgIpc) is 3.20. The SMILES string of the molecule is CCc1nc(NCc2ccco2)c2oc3ccccc3c2n1.Cl. The van der Waals surface area contributed by atoms with Crippen molar-refractivity contribution in [3.63, 3.8) is 0 Å². The molecule has 118 valence electrons. The Morgan fingerprint density at radius 2 is 1.96 bits per heavy atom. The summed E-state index contributed by atoms with van der Waals surface area (Å²) in [5.41, 5.74) is 2.36.